The molecule has 0 bridgehead atoms. The number of rotatable bonds is 6. The minimum atomic E-state index is 0.727. The van der Waals surface area contributed by atoms with Gasteiger partial charge in [-0.1, -0.05) is 37.3 Å². The highest BCUT2D eigenvalue weighted by molar-refractivity contribution is 8.01. The third kappa shape index (κ3) is 4.96. The lowest BCUT2D eigenvalue weighted by molar-refractivity contribution is 0.136. The molecule has 1 rings (SSSR count). The van der Waals surface area contributed by atoms with Gasteiger partial charge in [0.2, 0.25) is 0 Å². The molecule has 0 amide bonds. The van der Waals surface area contributed by atoms with Gasteiger partial charge in [-0.3, -0.25) is 0 Å². The number of thioether (sulfide) groups is 1. The van der Waals surface area contributed by atoms with E-state index in [0.717, 1.165) is 19.0 Å². The Balaban J connectivity index is 2.07. The van der Waals surface area contributed by atoms with E-state index in [0.29, 0.717) is 0 Å². The van der Waals surface area contributed by atoms with Crippen molar-refractivity contribution in [2.24, 2.45) is 0 Å². The Morgan fingerprint density at radius 2 is 2.08 bits per heavy atom. The highest BCUT2D eigenvalue weighted by Crippen LogP contribution is 2.04. The average molecular weight is 195 g/mol. The quantitative estimate of drug-likeness (QED) is 0.645. The number of benzene rings is 1. The Kier molecular flexibility index (Phi) is 5.70. The summed E-state index contributed by atoms with van der Waals surface area (Å²) in [6.45, 7) is 3.59. The van der Waals surface area contributed by atoms with E-state index in [1.807, 2.05) is 25.1 Å². The topological polar surface area (TPSA) is 9.23 Å². The lowest BCUT2D eigenvalue weighted by atomic mass is 10.2. The monoisotopic (exact) mass is 195 g/mol. The van der Waals surface area contributed by atoms with Crippen molar-refractivity contribution in [3.05, 3.63) is 41.6 Å². The first-order chi connectivity index (χ1) is 6.43. The largest absolute Gasteiger partial charge is 0.376 e. The van der Waals surface area contributed by atoms with Crippen LogP contribution in [0.25, 0.3) is 0 Å². The molecule has 1 aromatic carbocycles. The SMILES string of the molecule is C[CH]SCCOCc1ccccc1. The van der Waals surface area contributed by atoms with E-state index < -0.39 is 0 Å². The minimum Gasteiger partial charge on any atom is -0.376 e. The van der Waals surface area contributed by atoms with Gasteiger partial charge in [0.25, 0.3) is 0 Å². The van der Waals surface area contributed by atoms with Gasteiger partial charge in [0.05, 0.1) is 13.2 Å². The smallest absolute Gasteiger partial charge is 0.0717 e. The van der Waals surface area contributed by atoms with Gasteiger partial charge in [-0.2, -0.15) is 11.8 Å². The van der Waals surface area contributed by atoms with Gasteiger partial charge in [-0.05, 0) is 5.56 Å². The van der Waals surface area contributed by atoms with Gasteiger partial charge in [0.1, 0.15) is 0 Å². The maximum atomic E-state index is 5.48. The van der Waals surface area contributed by atoms with Crippen molar-refractivity contribution in [1.29, 1.82) is 0 Å². The maximum absolute atomic E-state index is 5.48. The van der Waals surface area contributed by atoms with Gasteiger partial charge in [-0.15, -0.1) is 0 Å². The van der Waals surface area contributed by atoms with E-state index in [1.165, 1.54) is 5.56 Å². The molecule has 0 saturated carbocycles. The maximum Gasteiger partial charge on any atom is 0.0717 e. The summed E-state index contributed by atoms with van der Waals surface area (Å²) in [7, 11) is 0. The Morgan fingerprint density at radius 1 is 1.31 bits per heavy atom. The van der Waals surface area contributed by atoms with Crippen molar-refractivity contribution in [2.45, 2.75) is 13.5 Å². The number of ether oxygens (including phenoxy) is 1. The minimum absolute atomic E-state index is 0.727. The van der Waals surface area contributed by atoms with Crippen LogP contribution in [0.15, 0.2) is 30.3 Å². The van der Waals surface area contributed by atoms with Gasteiger partial charge >= 0.3 is 0 Å². The molecule has 1 radical (unpaired) electrons. The van der Waals surface area contributed by atoms with Crippen molar-refractivity contribution in [3.8, 4) is 0 Å². The molecule has 13 heavy (non-hydrogen) atoms. The van der Waals surface area contributed by atoms with Crippen LogP contribution in [0, 0.1) is 5.75 Å². The molecule has 0 atom stereocenters. The van der Waals surface area contributed by atoms with Crippen LogP contribution in [-0.4, -0.2) is 12.4 Å². The van der Waals surface area contributed by atoms with Crippen molar-refractivity contribution in [1.82, 2.24) is 0 Å². The molecule has 0 aliphatic carbocycles. The molecule has 2 heteroatoms. The van der Waals surface area contributed by atoms with E-state index >= 15 is 0 Å². The zero-order chi connectivity index (χ0) is 9.36. The summed E-state index contributed by atoms with van der Waals surface area (Å²) in [6, 6.07) is 10.3. The fraction of sp³-hybridized carbons (Fsp3) is 0.364. The van der Waals surface area contributed by atoms with Gasteiger partial charge in [0, 0.05) is 11.5 Å². The summed E-state index contributed by atoms with van der Waals surface area (Å²) in [5.41, 5.74) is 1.24. The van der Waals surface area contributed by atoms with E-state index in [-0.39, 0.29) is 0 Å². The zero-order valence-electron chi connectivity index (χ0n) is 7.90. The summed E-state index contributed by atoms with van der Waals surface area (Å²) >= 11 is 1.79. The molecular formula is C11H15OS. The first-order valence-electron chi connectivity index (χ1n) is 4.44. The summed E-state index contributed by atoms with van der Waals surface area (Å²) in [4.78, 5) is 0. The van der Waals surface area contributed by atoms with Crippen LogP contribution in [0.3, 0.4) is 0 Å². The lowest BCUT2D eigenvalue weighted by Gasteiger charge is -2.02. The van der Waals surface area contributed by atoms with Gasteiger partial charge in [-0.25, -0.2) is 0 Å². The average Bonchev–Trinajstić information content (AvgIpc) is 2.19. The van der Waals surface area contributed by atoms with Crippen LogP contribution < -0.4 is 0 Å². The van der Waals surface area contributed by atoms with Crippen LogP contribution in [0.2, 0.25) is 0 Å². The predicted octanol–water partition coefficient (Wildman–Crippen LogP) is 3.12. The Bertz CT molecular complexity index is 211. The van der Waals surface area contributed by atoms with Crippen LogP contribution in [0.4, 0.5) is 0 Å². The standard InChI is InChI=1S/C11H15OS/c1-2-13-9-8-12-10-11-6-4-3-5-7-11/h2-7H,8-10H2,1H3. The fourth-order valence-corrected chi connectivity index (χ4v) is 1.44. The van der Waals surface area contributed by atoms with Crippen molar-refractivity contribution in [2.75, 3.05) is 12.4 Å². The molecule has 0 N–H and O–H groups in total. The van der Waals surface area contributed by atoms with E-state index in [4.69, 9.17) is 4.74 Å². The summed E-state index contributed by atoms with van der Waals surface area (Å²) < 4.78 is 5.48. The van der Waals surface area contributed by atoms with Crippen LogP contribution in [-0.2, 0) is 11.3 Å². The normalized spacial score (nSPS) is 10.2. The fourth-order valence-electron chi connectivity index (χ4n) is 0.989. The molecule has 1 aromatic rings. The Labute approximate surface area is 84.5 Å². The highest BCUT2D eigenvalue weighted by Gasteiger charge is 1.91. The molecule has 0 spiro atoms. The first kappa shape index (κ1) is 10.6. The second-order valence-electron chi connectivity index (χ2n) is 2.64. The molecule has 1 nitrogen and oxygen atoms in total. The van der Waals surface area contributed by atoms with Crippen molar-refractivity contribution < 1.29 is 4.74 Å². The molecule has 0 heterocycles. The molecular weight excluding hydrogens is 180 g/mol. The Hall–Kier alpha value is -0.470. The molecule has 0 aromatic heterocycles. The first-order valence-corrected chi connectivity index (χ1v) is 5.49. The summed E-state index contributed by atoms with van der Waals surface area (Å²) in [6.07, 6.45) is 0. The van der Waals surface area contributed by atoms with E-state index in [1.54, 1.807) is 11.8 Å². The lowest BCUT2D eigenvalue weighted by Crippen LogP contribution is -1.97. The van der Waals surface area contributed by atoms with Gasteiger partial charge < -0.3 is 4.74 Å². The molecule has 0 aliphatic rings. The molecule has 0 unspecified atom stereocenters. The molecule has 0 aliphatic heterocycles. The molecule has 0 fully saturated rings. The van der Waals surface area contributed by atoms with Gasteiger partial charge in [0.15, 0.2) is 0 Å². The number of hydrogen-bond donors (Lipinski definition) is 0. The summed E-state index contributed by atoms with van der Waals surface area (Å²) in [5, 5.41) is 0. The van der Waals surface area contributed by atoms with E-state index in [2.05, 4.69) is 17.9 Å². The molecule has 71 valence electrons. The van der Waals surface area contributed by atoms with Crippen LogP contribution >= 0.6 is 11.8 Å². The second-order valence-corrected chi connectivity index (χ2v) is 3.86. The summed E-state index contributed by atoms with van der Waals surface area (Å²) in [5.74, 6) is 3.13. The third-order valence-corrected chi connectivity index (χ3v) is 2.36. The highest BCUT2D eigenvalue weighted by atomic mass is 32.2. The van der Waals surface area contributed by atoms with Crippen LogP contribution in [0.5, 0.6) is 0 Å². The second kappa shape index (κ2) is 6.98. The third-order valence-electron chi connectivity index (χ3n) is 1.62. The van der Waals surface area contributed by atoms with Crippen LogP contribution in [0.1, 0.15) is 12.5 Å². The van der Waals surface area contributed by atoms with Crippen molar-refractivity contribution >= 4 is 11.8 Å². The molecule has 0 saturated heterocycles. The van der Waals surface area contributed by atoms with E-state index in [9.17, 15) is 0 Å². The Morgan fingerprint density at radius 3 is 2.77 bits per heavy atom. The zero-order valence-corrected chi connectivity index (χ0v) is 8.72. The predicted molar refractivity (Wildman–Crippen MR) is 58.5 cm³/mol. The number of hydrogen-bond acceptors (Lipinski definition) is 2. The van der Waals surface area contributed by atoms with Crippen molar-refractivity contribution in [3.63, 3.8) is 0 Å².